The predicted molar refractivity (Wildman–Crippen MR) is 67.0 cm³/mol. The van der Waals surface area contributed by atoms with E-state index in [-0.39, 0.29) is 24.2 Å². The summed E-state index contributed by atoms with van der Waals surface area (Å²) in [7, 11) is 0. The lowest BCUT2D eigenvalue weighted by Gasteiger charge is -2.27. The Morgan fingerprint density at radius 3 is 2.39 bits per heavy atom. The van der Waals surface area contributed by atoms with E-state index < -0.39 is 18.1 Å². The Balaban J connectivity index is 2.47. The number of hydrogen-bond donors (Lipinski definition) is 3. The minimum Gasteiger partial charge on any atom is -0.480 e. The normalized spacial score (nSPS) is 25.8. The fourth-order valence-corrected chi connectivity index (χ4v) is 2.41. The van der Waals surface area contributed by atoms with Crippen molar-refractivity contribution in [1.29, 1.82) is 0 Å². The smallest absolute Gasteiger partial charge is 0.326 e. The van der Waals surface area contributed by atoms with Gasteiger partial charge in [0, 0.05) is 6.42 Å². The molecule has 0 aromatic rings. The molecule has 0 aromatic carbocycles. The lowest BCUT2D eigenvalue weighted by molar-refractivity contribution is -0.143. The molecule has 0 spiro atoms. The van der Waals surface area contributed by atoms with Crippen LogP contribution in [0.4, 0.5) is 0 Å². The van der Waals surface area contributed by atoms with Crippen molar-refractivity contribution in [2.45, 2.75) is 58.1 Å². The highest BCUT2D eigenvalue weighted by Gasteiger charge is 2.28. The molecule has 1 fully saturated rings. The van der Waals surface area contributed by atoms with E-state index >= 15 is 0 Å². The predicted octanol–water partition coefficient (Wildman–Crippen LogP) is 1.15. The summed E-state index contributed by atoms with van der Waals surface area (Å²) < 4.78 is 0. The number of rotatable bonds is 5. The Labute approximate surface area is 108 Å². The number of aliphatic carboxylic acids is 1. The molecule has 3 atom stereocenters. The molecule has 0 heterocycles. The summed E-state index contributed by atoms with van der Waals surface area (Å²) in [6, 6.07) is -0.849. The highest BCUT2D eigenvalue weighted by Crippen LogP contribution is 2.26. The summed E-state index contributed by atoms with van der Waals surface area (Å²) in [6.07, 6.45) is 3.41. The standard InChI is InChI=1S/C13H23NO4/c1-8(2)12(13(17)18)14-11(16)7-9-5-3-4-6-10(9)15/h8-10,12,15H,3-7H2,1-2H3,(H,14,16)(H,17,18)/t9-,10+,12+/m0/s1. The van der Waals surface area contributed by atoms with Crippen LogP contribution in [-0.4, -0.2) is 34.2 Å². The second kappa shape index (κ2) is 6.73. The molecule has 5 nitrogen and oxygen atoms in total. The topological polar surface area (TPSA) is 86.6 Å². The van der Waals surface area contributed by atoms with Gasteiger partial charge in [0.25, 0.3) is 0 Å². The van der Waals surface area contributed by atoms with Gasteiger partial charge in [0.05, 0.1) is 6.10 Å². The first-order valence-electron chi connectivity index (χ1n) is 6.62. The third kappa shape index (κ3) is 4.29. The summed E-state index contributed by atoms with van der Waals surface area (Å²) in [5, 5.41) is 21.3. The van der Waals surface area contributed by atoms with E-state index in [0.717, 1.165) is 25.7 Å². The second-order valence-electron chi connectivity index (χ2n) is 5.44. The van der Waals surface area contributed by atoms with E-state index in [1.54, 1.807) is 13.8 Å². The first kappa shape index (κ1) is 15.0. The molecular formula is C13H23NO4. The number of nitrogens with one attached hydrogen (secondary N) is 1. The highest BCUT2D eigenvalue weighted by molar-refractivity contribution is 5.83. The van der Waals surface area contributed by atoms with E-state index in [0.29, 0.717) is 0 Å². The van der Waals surface area contributed by atoms with Gasteiger partial charge in [-0.2, -0.15) is 0 Å². The number of carbonyl (C=O) groups excluding carboxylic acids is 1. The van der Waals surface area contributed by atoms with Gasteiger partial charge in [0.2, 0.25) is 5.91 Å². The minimum atomic E-state index is -1.01. The SMILES string of the molecule is CC(C)[C@@H](NC(=O)C[C@@H]1CCCC[C@H]1O)C(=O)O. The van der Waals surface area contributed by atoms with Crippen LogP contribution in [0.15, 0.2) is 0 Å². The van der Waals surface area contributed by atoms with Gasteiger partial charge in [-0.05, 0) is 24.7 Å². The zero-order valence-corrected chi connectivity index (χ0v) is 11.1. The van der Waals surface area contributed by atoms with Gasteiger partial charge in [0.15, 0.2) is 0 Å². The van der Waals surface area contributed by atoms with Gasteiger partial charge in [-0.25, -0.2) is 4.79 Å². The maximum atomic E-state index is 11.8. The first-order valence-corrected chi connectivity index (χ1v) is 6.62. The van der Waals surface area contributed by atoms with Crippen LogP contribution in [0.3, 0.4) is 0 Å². The Morgan fingerprint density at radius 1 is 1.28 bits per heavy atom. The molecule has 0 bridgehead atoms. The van der Waals surface area contributed by atoms with Gasteiger partial charge < -0.3 is 15.5 Å². The summed E-state index contributed by atoms with van der Waals surface area (Å²) >= 11 is 0. The quantitative estimate of drug-likeness (QED) is 0.689. The monoisotopic (exact) mass is 257 g/mol. The third-order valence-corrected chi connectivity index (χ3v) is 3.57. The fourth-order valence-electron chi connectivity index (χ4n) is 2.41. The highest BCUT2D eigenvalue weighted by atomic mass is 16.4. The van der Waals surface area contributed by atoms with E-state index in [4.69, 9.17) is 5.11 Å². The lowest BCUT2D eigenvalue weighted by atomic mass is 9.84. The molecule has 0 unspecified atom stereocenters. The van der Waals surface area contributed by atoms with Crippen molar-refractivity contribution in [3.63, 3.8) is 0 Å². The molecule has 0 radical (unpaired) electrons. The van der Waals surface area contributed by atoms with Crippen LogP contribution < -0.4 is 5.32 Å². The molecule has 1 rings (SSSR count). The molecule has 1 aliphatic rings. The van der Waals surface area contributed by atoms with Crippen molar-refractivity contribution in [2.24, 2.45) is 11.8 Å². The summed E-state index contributed by atoms with van der Waals surface area (Å²) in [4.78, 5) is 22.8. The summed E-state index contributed by atoms with van der Waals surface area (Å²) in [5.74, 6) is -1.47. The Bertz CT molecular complexity index is 303. The first-order chi connectivity index (χ1) is 8.41. The maximum Gasteiger partial charge on any atom is 0.326 e. The van der Waals surface area contributed by atoms with E-state index in [1.165, 1.54) is 0 Å². The molecule has 1 saturated carbocycles. The molecule has 18 heavy (non-hydrogen) atoms. The average molecular weight is 257 g/mol. The van der Waals surface area contributed by atoms with Crippen LogP contribution in [0.1, 0.15) is 46.0 Å². The van der Waals surface area contributed by atoms with Gasteiger partial charge in [-0.3, -0.25) is 4.79 Å². The van der Waals surface area contributed by atoms with Crippen LogP contribution in [-0.2, 0) is 9.59 Å². The molecule has 3 N–H and O–H groups in total. The molecule has 104 valence electrons. The Morgan fingerprint density at radius 2 is 1.89 bits per heavy atom. The van der Waals surface area contributed by atoms with Crippen LogP contribution in [0, 0.1) is 11.8 Å². The fraction of sp³-hybridized carbons (Fsp3) is 0.846. The lowest BCUT2D eigenvalue weighted by Crippen LogP contribution is -2.45. The molecule has 1 amide bonds. The van der Waals surface area contributed by atoms with E-state index in [1.807, 2.05) is 0 Å². The van der Waals surface area contributed by atoms with Crippen molar-refractivity contribution in [3.8, 4) is 0 Å². The number of carboxylic acid groups (broad SMARTS) is 1. The minimum absolute atomic E-state index is 0.0274. The van der Waals surface area contributed by atoms with Crippen molar-refractivity contribution in [1.82, 2.24) is 5.32 Å². The number of carboxylic acids is 1. The van der Waals surface area contributed by atoms with Crippen LogP contribution >= 0.6 is 0 Å². The molecule has 5 heteroatoms. The molecule has 1 aliphatic carbocycles. The Hall–Kier alpha value is -1.10. The van der Waals surface area contributed by atoms with Gasteiger partial charge in [-0.15, -0.1) is 0 Å². The molecular weight excluding hydrogens is 234 g/mol. The largest absolute Gasteiger partial charge is 0.480 e. The zero-order valence-electron chi connectivity index (χ0n) is 11.1. The average Bonchev–Trinajstić information content (AvgIpc) is 2.28. The summed E-state index contributed by atoms with van der Waals surface area (Å²) in [5.41, 5.74) is 0. The number of hydrogen-bond acceptors (Lipinski definition) is 3. The summed E-state index contributed by atoms with van der Waals surface area (Å²) in [6.45, 7) is 3.52. The molecule has 0 aromatic heterocycles. The van der Waals surface area contributed by atoms with E-state index in [2.05, 4.69) is 5.32 Å². The maximum absolute atomic E-state index is 11.8. The molecule has 0 saturated heterocycles. The van der Waals surface area contributed by atoms with Crippen LogP contribution in [0.2, 0.25) is 0 Å². The zero-order chi connectivity index (χ0) is 13.7. The van der Waals surface area contributed by atoms with E-state index in [9.17, 15) is 14.7 Å². The molecule has 0 aliphatic heterocycles. The number of aliphatic hydroxyl groups excluding tert-OH is 1. The van der Waals surface area contributed by atoms with Crippen molar-refractivity contribution in [3.05, 3.63) is 0 Å². The van der Waals surface area contributed by atoms with Gasteiger partial charge >= 0.3 is 5.97 Å². The van der Waals surface area contributed by atoms with Crippen molar-refractivity contribution >= 4 is 11.9 Å². The van der Waals surface area contributed by atoms with Gasteiger partial charge in [0.1, 0.15) is 6.04 Å². The van der Waals surface area contributed by atoms with Gasteiger partial charge in [-0.1, -0.05) is 26.7 Å². The van der Waals surface area contributed by atoms with Crippen LogP contribution in [0.5, 0.6) is 0 Å². The Kier molecular flexibility index (Phi) is 5.59. The number of carbonyl (C=O) groups is 2. The van der Waals surface area contributed by atoms with Crippen molar-refractivity contribution in [2.75, 3.05) is 0 Å². The number of aliphatic hydroxyl groups is 1. The number of amides is 1. The van der Waals surface area contributed by atoms with Crippen LogP contribution in [0.25, 0.3) is 0 Å². The second-order valence-corrected chi connectivity index (χ2v) is 5.44. The third-order valence-electron chi connectivity index (χ3n) is 3.57. The van der Waals surface area contributed by atoms with Crippen molar-refractivity contribution < 1.29 is 19.8 Å².